The number of hydrogen-bond acceptors (Lipinski definition) is 4. The molecule has 0 spiro atoms. The van der Waals surface area contributed by atoms with Gasteiger partial charge in [-0.05, 0) is 81.2 Å². The van der Waals surface area contributed by atoms with Gasteiger partial charge in [-0.25, -0.2) is 0 Å². The van der Waals surface area contributed by atoms with Crippen LogP contribution in [0.4, 0.5) is 0 Å². The third-order valence-corrected chi connectivity index (χ3v) is 7.61. The van der Waals surface area contributed by atoms with E-state index in [4.69, 9.17) is 11.5 Å². The van der Waals surface area contributed by atoms with E-state index in [2.05, 4.69) is 70.5 Å². The van der Waals surface area contributed by atoms with Crippen molar-refractivity contribution in [1.82, 2.24) is 9.80 Å². The smallest absolute Gasteiger partial charge is 0.0233 e. The second-order valence-electron chi connectivity index (χ2n) is 9.67. The minimum Gasteiger partial charge on any atom is -0.326 e. The first kappa shape index (κ1) is 22.5. The van der Waals surface area contributed by atoms with Gasteiger partial charge in [-0.1, -0.05) is 60.7 Å². The fourth-order valence-electron chi connectivity index (χ4n) is 5.46. The Balaban J connectivity index is 1.17. The molecule has 4 heteroatoms. The summed E-state index contributed by atoms with van der Waals surface area (Å²) < 4.78 is 0. The van der Waals surface area contributed by atoms with E-state index in [1.54, 1.807) is 0 Å². The fraction of sp³-hybridized carbons (Fsp3) is 0.556. The van der Waals surface area contributed by atoms with Gasteiger partial charge in [0.15, 0.2) is 0 Å². The summed E-state index contributed by atoms with van der Waals surface area (Å²) in [5.74, 6) is 1.14. The first-order valence-corrected chi connectivity index (χ1v) is 12.2. The van der Waals surface area contributed by atoms with Crippen molar-refractivity contribution in [3.05, 3.63) is 71.8 Å². The first-order valence-electron chi connectivity index (χ1n) is 12.2. The molecule has 4 nitrogen and oxygen atoms in total. The Morgan fingerprint density at radius 3 is 1.61 bits per heavy atom. The summed E-state index contributed by atoms with van der Waals surface area (Å²) in [5.41, 5.74) is 16.3. The van der Waals surface area contributed by atoms with E-state index >= 15 is 0 Å². The van der Waals surface area contributed by atoms with Crippen molar-refractivity contribution in [2.75, 3.05) is 32.7 Å². The van der Waals surface area contributed by atoms with Crippen molar-refractivity contribution in [2.24, 2.45) is 23.3 Å². The lowest BCUT2D eigenvalue weighted by Gasteiger charge is -2.41. The van der Waals surface area contributed by atoms with Crippen molar-refractivity contribution < 1.29 is 0 Å². The van der Waals surface area contributed by atoms with Crippen LogP contribution in [0.25, 0.3) is 0 Å². The molecule has 4 rings (SSSR count). The minimum atomic E-state index is 0.139. The van der Waals surface area contributed by atoms with Crippen LogP contribution < -0.4 is 11.5 Å². The number of nitrogens with zero attached hydrogens (tertiary/aromatic N) is 2. The third-order valence-electron chi connectivity index (χ3n) is 7.61. The SMILES string of the molecule is NC(C1CCN(CCc2ccccc2)CC1)C(N)C1CCN(Cc2ccccc2)CC1. The second-order valence-corrected chi connectivity index (χ2v) is 9.67. The molecule has 0 radical (unpaired) electrons. The zero-order valence-electron chi connectivity index (χ0n) is 18.9. The molecule has 0 aromatic heterocycles. The van der Waals surface area contributed by atoms with E-state index in [1.165, 1.54) is 36.8 Å². The Kier molecular flexibility index (Phi) is 8.15. The van der Waals surface area contributed by atoms with Crippen LogP contribution in [0.1, 0.15) is 36.8 Å². The highest BCUT2D eigenvalue weighted by molar-refractivity contribution is 5.15. The summed E-state index contributed by atoms with van der Waals surface area (Å²) in [6.45, 7) is 6.80. The van der Waals surface area contributed by atoms with Crippen LogP contribution in [0.15, 0.2) is 60.7 Å². The van der Waals surface area contributed by atoms with Crippen molar-refractivity contribution in [3.8, 4) is 0 Å². The van der Waals surface area contributed by atoms with Gasteiger partial charge in [0.2, 0.25) is 0 Å². The molecule has 168 valence electrons. The summed E-state index contributed by atoms with van der Waals surface area (Å²) >= 11 is 0. The molecule has 2 unspecified atom stereocenters. The van der Waals surface area contributed by atoms with Gasteiger partial charge in [0.1, 0.15) is 0 Å². The van der Waals surface area contributed by atoms with Crippen LogP contribution >= 0.6 is 0 Å². The zero-order valence-corrected chi connectivity index (χ0v) is 18.9. The highest BCUT2D eigenvalue weighted by Crippen LogP contribution is 2.28. The van der Waals surface area contributed by atoms with Crippen LogP contribution in [-0.2, 0) is 13.0 Å². The van der Waals surface area contributed by atoms with Crippen LogP contribution in [-0.4, -0.2) is 54.6 Å². The van der Waals surface area contributed by atoms with Crippen molar-refractivity contribution in [1.29, 1.82) is 0 Å². The molecule has 2 aromatic carbocycles. The zero-order chi connectivity index (χ0) is 21.5. The van der Waals surface area contributed by atoms with Crippen LogP contribution in [0, 0.1) is 11.8 Å². The van der Waals surface area contributed by atoms with E-state index < -0.39 is 0 Å². The Morgan fingerprint density at radius 2 is 1.10 bits per heavy atom. The highest BCUT2D eigenvalue weighted by Gasteiger charge is 2.33. The average Bonchev–Trinajstić information content (AvgIpc) is 2.84. The predicted molar refractivity (Wildman–Crippen MR) is 130 cm³/mol. The van der Waals surface area contributed by atoms with Gasteiger partial charge >= 0.3 is 0 Å². The first-order chi connectivity index (χ1) is 15.2. The molecule has 0 bridgehead atoms. The van der Waals surface area contributed by atoms with Crippen molar-refractivity contribution in [2.45, 2.75) is 50.7 Å². The summed E-state index contributed by atoms with van der Waals surface area (Å²) in [7, 11) is 0. The molecule has 0 aliphatic carbocycles. The lowest BCUT2D eigenvalue weighted by molar-refractivity contribution is 0.123. The Hall–Kier alpha value is -1.72. The molecular weight excluding hydrogens is 380 g/mol. The van der Waals surface area contributed by atoms with Gasteiger partial charge in [0.05, 0.1) is 0 Å². The van der Waals surface area contributed by atoms with Crippen LogP contribution in [0.2, 0.25) is 0 Å². The maximum atomic E-state index is 6.73. The number of piperidine rings is 2. The van der Waals surface area contributed by atoms with Crippen molar-refractivity contribution in [3.63, 3.8) is 0 Å². The molecule has 31 heavy (non-hydrogen) atoms. The fourth-order valence-corrected chi connectivity index (χ4v) is 5.46. The number of nitrogens with two attached hydrogens (primary N) is 2. The summed E-state index contributed by atoms with van der Waals surface area (Å²) in [5, 5.41) is 0. The molecule has 2 fully saturated rings. The predicted octanol–water partition coefficient (Wildman–Crippen LogP) is 3.51. The molecule has 2 atom stereocenters. The monoisotopic (exact) mass is 420 g/mol. The van der Waals surface area contributed by atoms with E-state index in [9.17, 15) is 0 Å². The Bertz CT molecular complexity index is 749. The molecular formula is C27H40N4. The number of hydrogen-bond donors (Lipinski definition) is 2. The minimum absolute atomic E-state index is 0.139. The molecule has 2 aromatic rings. The maximum Gasteiger partial charge on any atom is 0.0233 e. The molecule has 0 saturated carbocycles. The van der Waals surface area contributed by atoms with Gasteiger partial charge in [-0.15, -0.1) is 0 Å². The number of benzene rings is 2. The molecule has 2 aliphatic rings. The Labute approximate surface area is 188 Å². The number of likely N-dealkylation sites (tertiary alicyclic amines) is 2. The average molecular weight is 421 g/mol. The standard InChI is InChI=1S/C27H40N4/c28-26(24-12-17-30(18-13-24)16-11-22-7-3-1-4-8-22)27(29)25-14-19-31(20-15-25)21-23-9-5-2-6-10-23/h1-10,24-27H,11-21,28-29H2. The normalized spacial score (nSPS) is 21.7. The van der Waals surface area contributed by atoms with Gasteiger partial charge in [-0.3, -0.25) is 4.90 Å². The number of rotatable bonds is 8. The van der Waals surface area contributed by atoms with E-state index in [0.717, 1.165) is 45.7 Å². The highest BCUT2D eigenvalue weighted by atomic mass is 15.1. The van der Waals surface area contributed by atoms with Gasteiger partial charge in [-0.2, -0.15) is 0 Å². The van der Waals surface area contributed by atoms with Crippen LogP contribution in [0.3, 0.4) is 0 Å². The van der Waals surface area contributed by atoms with Crippen LogP contribution in [0.5, 0.6) is 0 Å². The molecule has 2 saturated heterocycles. The summed E-state index contributed by atoms with van der Waals surface area (Å²) in [4.78, 5) is 5.17. The quantitative estimate of drug-likeness (QED) is 0.686. The molecule has 4 N–H and O–H groups in total. The van der Waals surface area contributed by atoms with E-state index in [-0.39, 0.29) is 12.1 Å². The summed E-state index contributed by atoms with van der Waals surface area (Å²) in [6, 6.07) is 21.9. The lowest BCUT2D eigenvalue weighted by Crippen LogP contribution is -2.54. The van der Waals surface area contributed by atoms with Gasteiger partial charge in [0.25, 0.3) is 0 Å². The van der Waals surface area contributed by atoms with Gasteiger partial charge < -0.3 is 16.4 Å². The van der Waals surface area contributed by atoms with E-state index in [0.29, 0.717) is 11.8 Å². The van der Waals surface area contributed by atoms with Gasteiger partial charge in [0, 0.05) is 25.2 Å². The largest absolute Gasteiger partial charge is 0.326 e. The maximum absolute atomic E-state index is 6.73. The molecule has 2 heterocycles. The van der Waals surface area contributed by atoms with Crippen molar-refractivity contribution >= 4 is 0 Å². The molecule has 0 amide bonds. The molecule has 2 aliphatic heterocycles. The summed E-state index contributed by atoms with van der Waals surface area (Å²) in [6.07, 6.45) is 5.88. The third kappa shape index (κ3) is 6.39. The lowest BCUT2D eigenvalue weighted by atomic mass is 9.78. The van der Waals surface area contributed by atoms with E-state index in [1.807, 2.05) is 0 Å². The topological polar surface area (TPSA) is 58.5 Å². The second kappa shape index (κ2) is 11.2. The Morgan fingerprint density at radius 1 is 0.645 bits per heavy atom.